The third-order valence-corrected chi connectivity index (χ3v) is 2.38. The molecule has 1 aromatic rings. The van der Waals surface area contributed by atoms with Crippen molar-refractivity contribution in [3.05, 3.63) is 29.3 Å². The number of benzene rings is 1. The van der Waals surface area contributed by atoms with Crippen molar-refractivity contribution in [3.63, 3.8) is 0 Å². The Hall–Kier alpha value is -1.06. The molecule has 1 aliphatic rings. The van der Waals surface area contributed by atoms with Gasteiger partial charge >= 0.3 is 0 Å². The molecular weight excluding hydrogens is 178 g/mol. The molecule has 1 aliphatic heterocycles. The summed E-state index contributed by atoms with van der Waals surface area (Å²) in [5.41, 5.74) is 2.25. The lowest BCUT2D eigenvalue weighted by Gasteiger charge is -2.16. The third-order valence-electron chi connectivity index (χ3n) is 2.38. The van der Waals surface area contributed by atoms with Crippen LogP contribution in [0, 0.1) is 0 Å². The molecule has 2 rings (SSSR count). The summed E-state index contributed by atoms with van der Waals surface area (Å²) in [5.74, 6) is 6.01. The molecule has 0 atom stereocenters. The molecule has 0 aliphatic carbocycles. The Morgan fingerprint density at radius 1 is 1.50 bits per heavy atom. The maximum atomic E-state index is 5.76. The van der Waals surface area contributed by atoms with E-state index in [0.29, 0.717) is 6.61 Å². The van der Waals surface area contributed by atoms with Gasteiger partial charge in [-0.1, -0.05) is 6.07 Å². The molecule has 14 heavy (non-hydrogen) atoms. The quantitative estimate of drug-likeness (QED) is 0.728. The van der Waals surface area contributed by atoms with Crippen LogP contribution < -0.4 is 10.6 Å². The van der Waals surface area contributed by atoms with Crippen LogP contribution in [0.1, 0.15) is 25.0 Å². The molecule has 1 aromatic carbocycles. The van der Waals surface area contributed by atoms with Crippen LogP contribution in [0.15, 0.2) is 18.2 Å². The summed E-state index contributed by atoms with van der Waals surface area (Å²) in [6.07, 6.45) is 0.945. The molecule has 0 fully saturated rings. The van der Waals surface area contributed by atoms with Crippen LogP contribution in [0.3, 0.4) is 0 Å². The lowest BCUT2D eigenvalue weighted by molar-refractivity contribution is 0.124. The molecule has 0 saturated carbocycles. The van der Waals surface area contributed by atoms with Gasteiger partial charge in [-0.05, 0) is 37.1 Å². The van der Waals surface area contributed by atoms with E-state index in [1.54, 1.807) is 0 Å². The van der Waals surface area contributed by atoms with Gasteiger partial charge in [-0.2, -0.15) is 0 Å². The molecule has 0 radical (unpaired) electrons. The standard InChI is InChI=1S/C11H15NO2/c1-11(2)6-9-5-8(7-13-12)3-4-10(9)14-11/h3-5H,6-7,12H2,1-2H3. The van der Waals surface area contributed by atoms with Gasteiger partial charge in [0.1, 0.15) is 11.4 Å². The van der Waals surface area contributed by atoms with E-state index in [0.717, 1.165) is 17.7 Å². The molecular formula is C11H15NO2. The van der Waals surface area contributed by atoms with Crippen LogP contribution in [0.25, 0.3) is 0 Å². The average Bonchev–Trinajstić information content (AvgIpc) is 2.38. The SMILES string of the molecule is CC1(C)Cc2cc(CON)ccc2O1. The second-order valence-electron chi connectivity index (χ2n) is 4.29. The van der Waals surface area contributed by atoms with Gasteiger partial charge in [0.15, 0.2) is 0 Å². The molecule has 76 valence electrons. The maximum absolute atomic E-state index is 5.76. The van der Waals surface area contributed by atoms with Gasteiger partial charge in [0, 0.05) is 6.42 Å². The maximum Gasteiger partial charge on any atom is 0.123 e. The first-order valence-electron chi connectivity index (χ1n) is 4.73. The summed E-state index contributed by atoms with van der Waals surface area (Å²) in [5, 5.41) is 0. The van der Waals surface area contributed by atoms with Gasteiger partial charge in [-0.15, -0.1) is 0 Å². The van der Waals surface area contributed by atoms with E-state index in [4.69, 9.17) is 10.6 Å². The number of fused-ring (bicyclic) bond motifs is 1. The minimum atomic E-state index is -0.0788. The molecule has 0 bridgehead atoms. The number of ether oxygens (including phenoxy) is 1. The number of rotatable bonds is 2. The second-order valence-corrected chi connectivity index (χ2v) is 4.29. The van der Waals surface area contributed by atoms with E-state index in [9.17, 15) is 0 Å². The van der Waals surface area contributed by atoms with E-state index in [1.165, 1.54) is 5.56 Å². The first kappa shape index (κ1) is 9.49. The lowest BCUT2D eigenvalue weighted by Crippen LogP contribution is -2.24. The minimum absolute atomic E-state index is 0.0788. The van der Waals surface area contributed by atoms with Gasteiger partial charge in [-0.25, -0.2) is 5.90 Å². The Labute approximate surface area is 83.8 Å². The van der Waals surface area contributed by atoms with Gasteiger partial charge in [-0.3, -0.25) is 4.84 Å². The van der Waals surface area contributed by atoms with Crippen LogP contribution in [-0.4, -0.2) is 5.60 Å². The highest BCUT2D eigenvalue weighted by Crippen LogP contribution is 2.35. The van der Waals surface area contributed by atoms with Crippen molar-refractivity contribution in [2.45, 2.75) is 32.5 Å². The third kappa shape index (κ3) is 1.74. The summed E-state index contributed by atoms with van der Waals surface area (Å²) in [7, 11) is 0. The van der Waals surface area contributed by atoms with Crippen molar-refractivity contribution >= 4 is 0 Å². The topological polar surface area (TPSA) is 44.5 Å². The molecule has 0 spiro atoms. The zero-order valence-electron chi connectivity index (χ0n) is 8.54. The van der Waals surface area contributed by atoms with Crippen LogP contribution >= 0.6 is 0 Å². The Kier molecular flexibility index (Phi) is 2.21. The lowest BCUT2D eigenvalue weighted by atomic mass is 10.0. The zero-order valence-corrected chi connectivity index (χ0v) is 8.54. The molecule has 0 amide bonds. The van der Waals surface area contributed by atoms with Crippen molar-refractivity contribution in [1.29, 1.82) is 0 Å². The molecule has 0 aromatic heterocycles. The first-order chi connectivity index (χ1) is 6.61. The fourth-order valence-corrected chi connectivity index (χ4v) is 1.85. The highest BCUT2D eigenvalue weighted by Gasteiger charge is 2.29. The minimum Gasteiger partial charge on any atom is -0.487 e. The first-order valence-corrected chi connectivity index (χ1v) is 4.73. The molecule has 0 unspecified atom stereocenters. The number of nitrogens with two attached hydrogens (primary N) is 1. The van der Waals surface area contributed by atoms with E-state index in [2.05, 4.69) is 24.8 Å². The Bertz CT molecular complexity index is 347. The van der Waals surface area contributed by atoms with E-state index < -0.39 is 0 Å². The number of hydrogen-bond donors (Lipinski definition) is 1. The van der Waals surface area contributed by atoms with Crippen molar-refractivity contribution in [3.8, 4) is 5.75 Å². The van der Waals surface area contributed by atoms with Crippen LogP contribution in [0.4, 0.5) is 0 Å². The van der Waals surface area contributed by atoms with E-state index in [-0.39, 0.29) is 5.60 Å². The predicted molar refractivity (Wildman–Crippen MR) is 53.8 cm³/mol. The van der Waals surface area contributed by atoms with Crippen LogP contribution in [-0.2, 0) is 17.9 Å². The predicted octanol–water partition coefficient (Wildman–Crippen LogP) is 1.79. The van der Waals surface area contributed by atoms with Gasteiger partial charge in [0.05, 0.1) is 6.61 Å². The molecule has 3 nitrogen and oxygen atoms in total. The molecule has 3 heteroatoms. The molecule has 2 N–H and O–H groups in total. The van der Waals surface area contributed by atoms with Crippen LogP contribution in [0.5, 0.6) is 5.75 Å². The van der Waals surface area contributed by atoms with E-state index in [1.807, 2.05) is 12.1 Å². The molecule has 1 heterocycles. The normalized spacial score (nSPS) is 17.6. The fraction of sp³-hybridized carbons (Fsp3) is 0.455. The van der Waals surface area contributed by atoms with Crippen LogP contribution in [0.2, 0.25) is 0 Å². The van der Waals surface area contributed by atoms with Crippen molar-refractivity contribution < 1.29 is 9.57 Å². The summed E-state index contributed by atoms with van der Waals surface area (Å²) >= 11 is 0. The summed E-state index contributed by atoms with van der Waals surface area (Å²) in [6, 6.07) is 6.06. The smallest absolute Gasteiger partial charge is 0.123 e. The summed E-state index contributed by atoms with van der Waals surface area (Å²) in [4.78, 5) is 4.60. The zero-order chi connectivity index (χ0) is 10.2. The van der Waals surface area contributed by atoms with Gasteiger partial charge < -0.3 is 4.74 Å². The van der Waals surface area contributed by atoms with Crippen molar-refractivity contribution in [2.24, 2.45) is 5.90 Å². The highest BCUT2D eigenvalue weighted by molar-refractivity contribution is 5.41. The Balaban J connectivity index is 2.26. The molecule has 0 saturated heterocycles. The summed E-state index contributed by atoms with van der Waals surface area (Å²) < 4.78 is 5.76. The Morgan fingerprint density at radius 2 is 2.29 bits per heavy atom. The van der Waals surface area contributed by atoms with E-state index >= 15 is 0 Å². The van der Waals surface area contributed by atoms with Crippen molar-refractivity contribution in [1.82, 2.24) is 0 Å². The second kappa shape index (κ2) is 3.26. The highest BCUT2D eigenvalue weighted by atomic mass is 16.6. The summed E-state index contributed by atoms with van der Waals surface area (Å²) in [6.45, 7) is 4.63. The fourth-order valence-electron chi connectivity index (χ4n) is 1.85. The largest absolute Gasteiger partial charge is 0.487 e. The average molecular weight is 193 g/mol. The number of hydrogen-bond acceptors (Lipinski definition) is 3. The monoisotopic (exact) mass is 193 g/mol. The van der Waals surface area contributed by atoms with Crippen molar-refractivity contribution in [2.75, 3.05) is 0 Å². The Morgan fingerprint density at radius 3 is 3.00 bits per heavy atom. The van der Waals surface area contributed by atoms with Gasteiger partial charge in [0.2, 0.25) is 0 Å². The van der Waals surface area contributed by atoms with Gasteiger partial charge in [0.25, 0.3) is 0 Å².